The zero-order chi connectivity index (χ0) is 18.6. The van der Waals surface area contributed by atoms with Crippen LogP contribution in [0.5, 0.6) is 0 Å². The number of hydrogen-bond acceptors (Lipinski definition) is 4. The number of likely N-dealkylation sites (tertiary alicyclic amines) is 1. The molecule has 1 saturated heterocycles. The Morgan fingerprint density at radius 1 is 1.19 bits per heavy atom. The molecule has 0 unspecified atom stereocenters. The van der Waals surface area contributed by atoms with Crippen LogP contribution in [-0.4, -0.2) is 34.8 Å². The quantitative estimate of drug-likeness (QED) is 0.882. The molecule has 1 atom stereocenters. The van der Waals surface area contributed by atoms with Crippen molar-refractivity contribution in [1.82, 2.24) is 15.2 Å². The minimum atomic E-state index is -0.00752. The number of nitrogens with one attached hydrogen (secondary N) is 1. The number of amides is 2. The fraction of sp³-hybridized carbons (Fsp3) is 0.476. The highest BCUT2D eigenvalue weighted by Gasteiger charge is 2.28. The van der Waals surface area contributed by atoms with Crippen LogP contribution in [0.2, 0.25) is 0 Å². The summed E-state index contributed by atoms with van der Waals surface area (Å²) in [5.74, 6) is 0.271. The summed E-state index contributed by atoms with van der Waals surface area (Å²) >= 11 is 1.63. The van der Waals surface area contributed by atoms with Crippen molar-refractivity contribution in [2.75, 3.05) is 13.1 Å². The van der Waals surface area contributed by atoms with Crippen LogP contribution in [0.1, 0.15) is 51.4 Å². The van der Waals surface area contributed by atoms with Gasteiger partial charge in [0.15, 0.2) is 0 Å². The number of nitrogens with zero attached hydrogens (tertiary/aromatic N) is 2. The monoisotopic (exact) mass is 383 g/mol. The number of thiophene rings is 1. The van der Waals surface area contributed by atoms with Crippen LogP contribution in [0.15, 0.2) is 30.6 Å². The Balaban J connectivity index is 1.37. The van der Waals surface area contributed by atoms with E-state index in [0.29, 0.717) is 6.54 Å². The Kier molecular flexibility index (Phi) is 5.53. The van der Waals surface area contributed by atoms with Gasteiger partial charge < -0.3 is 10.2 Å². The molecule has 6 heteroatoms. The van der Waals surface area contributed by atoms with E-state index in [1.54, 1.807) is 23.7 Å². The summed E-state index contributed by atoms with van der Waals surface area (Å²) in [5.41, 5.74) is 2.25. The molecular formula is C21H25N3O2S. The normalized spacial score (nSPS) is 19.4. The maximum Gasteiger partial charge on any atom is 0.263 e. The average molecular weight is 384 g/mol. The zero-order valence-corrected chi connectivity index (χ0v) is 16.3. The molecule has 1 aliphatic carbocycles. The number of carbonyl (C=O) groups excluding carboxylic acids is 2. The van der Waals surface area contributed by atoms with Gasteiger partial charge in [-0.25, -0.2) is 0 Å². The van der Waals surface area contributed by atoms with E-state index in [1.165, 1.54) is 16.9 Å². The highest BCUT2D eigenvalue weighted by Crippen LogP contribution is 2.33. The molecule has 0 spiro atoms. The molecule has 2 aromatic rings. The predicted octanol–water partition coefficient (Wildman–Crippen LogP) is 3.19. The molecule has 0 aromatic carbocycles. The molecule has 3 heterocycles. The Morgan fingerprint density at radius 2 is 1.96 bits per heavy atom. The molecular weight excluding hydrogens is 358 g/mol. The summed E-state index contributed by atoms with van der Waals surface area (Å²) in [7, 11) is 0. The van der Waals surface area contributed by atoms with E-state index < -0.39 is 0 Å². The number of carbonyl (C=O) groups is 2. The smallest absolute Gasteiger partial charge is 0.263 e. The van der Waals surface area contributed by atoms with Crippen LogP contribution >= 0.6 is 11.3 Å². The maximum atomic E-state index is 12.7. The van der Waals surface area contributed by atoms with Crippen LogP contribution in [0.25, 0.3) is 0 Å². The molecule has 0 bridgehead atoms. The molecule has 5 nitrogen and oxygen atoms in total. The zero-order valence-electron chi connectivity index (χ0n) is 15.4. The van der Waals surface area contributed by atoms with Crippen molar-refractivity contribution in [2.24, 2.45) is 5.92 Å². The second-order valence-electron chi connectivity index (χ2n) is 7.42. The van der Waals surface area contributed by atoms with Crippen LogP contribution in [-0.2, 0) is 24.2 Å². The van der Waals surface area contributed by atoms with Gasteiger partial charge in [-0.2, -0.15) is 0 Å². The first-order chi connectivity index (χ1) is 13.2. The molecule has 2 aliphatic rings. The first kappa shape index (κ1) is 18.2. The minimum absolute atomic E-state index is 0.00752. The fourth-order valence-electron chi connectivity index (χ4n) is 3.94. The predicted molar refractivity (Wildman–Crippen MR) is 106 cm³/mol. The van der Waals surface area contributed by atoms with Gasteiger partial charge in [0.2, 0.25) is 5.91 Å². The average Bonchev–Trinajstić information content (AvgIpc) is 3.16. The van der Waals surface area contributed by atoms with Crippen LogP contribution < -0.4 is 5.32 Å². The van der Waals surface area contributed by atoms with E-state index in [0.717, 1.165) is 55.6 Å². The van der Waals surface area contributed by atoms with Crippen molar-refractivity contribution in [1.29, 1.82) is 0 Å². The van der Waals surface area contributed by atoms with Gasteiger partial charge >= 0.3 is 0 Å². The Hall–Kier alpha value is -2.21. The number of piperidine rings is 1. The lowest BCUT2D eigenvalue weighted by Gasteiger charge is -2.26. The van der Waals surface area contributed by atoms with E-state index in [1.807, 2.05) is 23.1 Å². The third-order valence-corrected chi connectivity index (χ3v) is 6.75. The summed E-state index contributed by atoms with van der Waals surface area (Å²) in [5, 5.41) is 3.04. The molecule has 1 fully saturated rings. The highest BCUT2D eigenvalue weighted by atomic mass is 32.1. The molecule has 142 valence electrons. The number of pyridine rings is 1. The van der Waals surface area contributed by atoms with Crippen molar-refractivity contribution >= 4 is 23.2 Å². The van der Waals surface area contributed by atoms with Gasteiger partial charge in [-0.15, -0.1) is 11.3 Å². The number of rotatable bonds is 4. The Bertz CT molecular complexity index is 812. The van der Waals surface area contributed by atoms with Crippen molar-refractivity contribution < 1.29 is 9.59 Å². The van der Waals surface area contributed by atoms with E-state index in [9.17, 15) is 9.59 Å². The number of aromatic nitrogens is 1. The van der Waals surface area contributed by atoms with Crippen LogP contribution in [0.3, 0.4) is 0 Å². The van der Waals surface area contributed by atoms with Gasteiger partial charge in [0.1, 0.15) is 0 Å². The SMILES string of the molecule is O=C(NCc1ccncc1)[C@@H]1CCc2sc(C(=O)N3CCCCC3)cc2C1. The lowest BCUT2D eigenvalue weighted by atomic mass is 9.87. The summed E-state index contributed by atoms with van der Waals surface area (Å²) in [6.07, 6.45) is 9.39. The molecule has 1 aliphatic heterocycles. The van der Waals surface area contributed by atoms with Crippen LogP contribution in [0.4, 0.5) is 0 Å². The van der Waals surface area contributed by atoms with Crippen LogP contribution in [0, 0.1) is 5.92 Å². The number of aryl methyl sites for hydroxylation is 1. The lowest BCUT2D eigenvalue weighted by Crippen LogP contribution is -2.35. The molecule has 2 aromatic heterocycles. The van der Waals surface area contributed by atoms with Crippen molar-refractivity contribution in [3.8, 4) is 0 Å². The first-order valence-corrected chi connectivity index (χ1v) is 10.6. The first-order valence-electron chi connectivity index (χ1n) is 9.78. The fourth-order valence-corrected chi connectivity index (χ4v) is 5.12. The van der Waals surface area contributed by atoms with Gasteiger partial charge in [0.05, 0.1) is 4.88 Å². The molecule has 2 amide bonds. The van der Waals surface area contributed by atoms with Gasteiger partial charge in [-0.05, 0) is 67.9 Å². The topological polar surface area (TPSA) is 62.3 Å². The highest BCUT2D eigenvalue weighted by molar-refractivity contribution is 7.14. The summed E-state index contributed by atoms with van der Waals surface area (Å²) < 4.78 is 0. The lowest BCUT2D eigenvalue weighted by molar-refractivity contribution is -0.125. The molecule has 4 rings (SSSR count). The second-order valence-corrected chi connectivity index (χ2v) is 8.56. The van der Waals surface area contributed by atoms with Crippen molar-refractivity contribution in [3.63, 3.8) is 0 Å². The number of hydrogen-bond donors (Lipinski definition) is 1. The molecule has 27 heavy (non-hydrogen) atoms. The van der Waals surface area contributed by atoms with Gasteiger partial charge in [0, 0.05) is 42.8 Å². The number of fused-ring (bicyclic) bond motifs is 1. The molecule has 0 radical (unpaired) electrons. The van der Waals surface area contributed by atoms with Gasteiger partial charge in [-0.3, -0.25) is 14.6 Å². The minimum Gasteiger partial charge on any atom is -0.352 e. The Morgan fingerprint density at radius 3 is 2.74 bits per heavy atom. The van der Waals surface area contributed by atoms with E-state index in [4.69, 9.17) is 0 Å². The van der Waals surface area contributed by atoms with E-state index in [2.05, 4.69) is 10.3 Å². The standard InChI is InChI=1S/C21H25N3O2S/c25-20(23-14-15-6-8-22-9-7-15)16-4-5-18-17(12-16)13-19(27-18)21(26)24-10-2-1-3-11-24/h6-9,13,16H,1-5,10-12,14H2,(H,23,25)/t16-/m1/s1. The Labute approximate surface area is 163 Å². The third kappa shape index (κ3) is 4.21. The summed E-state index contributed by atoms with van der Waals surface area (Å²) in [6.45, 7) is 2.29. The summed E-state index contributed by atoms with van der Waals surface area (Å²) in [6, 6.07) is 5.87. The maximum absolute atomic E-state index is 12.7. The largest absolute Gasteiger partial charge is 0.352 e. The van der Waals surface area contributed by atoms with E-state index >= 15 is 0 Å². The van der Waals surface area contributed by atoms with Crippen molar-refractivity contribution in [3.05, 3.63) is 51.5 Å². The summed E-state index contributed by atoms with van der Waals surface area (Å²) in [4.78, 5) is 33.4. The van der Waals surface area contributed by atoms with Crippen molar-refractivity contribution in [2.45, 2.75) is 45.1 Å². The third-order valence-electron chi connectivity index (χ3n) is 5.52. The van der Waals surface area contributed by atoms with E-state index in [-0.39, 0.29) is 17.7 Å². The van der Waals surface area contributed by atoms with Gasteiger partial charge in [0.25, 0.3) is 5.91 Å². The molecule has 0 saturated carbocycles. The van der Waals surface area contributed by atoms with Gasteiger partial charge in [-0.1, -0.05) is 0 Å². The second kappa shape index (κ2) is 8.21. The molecule has 1 N–H and O–H groups in total.